The number of amides is 2. The molecule has 0 bridgehead atoms. The van der Waals surface area contributed by atoms with Crippen molar-refractivity contribution in [3.8, 4) is 5.75 Å². The molecule has 2 aromatic rings. The van der Waals surface area contributed by atoms with E-state index in [1.165, 1.54) is 12.0 Å². The topological polar surface area (TPSA) is 96.0 Å². The lowest BCUT2D eigenvalue weighted by Gasteiger charge is -2.31. The average Bonchev–Trinajstić information content (AvgIpc) is 2.80. The highest BCUT2D eigenvalue weighted by Crippen LogP contribution is 2.22. The highest BCUT2D eigenvalue weighted by atomic mass is 32.2. The van der Waals surface area contributed by atoms with E-state index in [0.29, 0.717) is 18.0 Å². The van der Waals surface area contributed by atoms with Gasteiger partial charge in [0, 0.05) is 13.1 Å². The number of nitrogens with one attached hydrogen (secondary N) is 1. The fraction of sp³-hybridized carbons (Fsp3) is 0.417. The zero-order valence-electron chi connectivity index (χ0n) is 19.7. The second-order valence-electron chi connectivity index (χ2n) is 7.80. The molecule has 0 radical (unpaired) electrons. The van der Waals surface area contributed by atoms with Crippen LogP contribution in [0.1, 0.15) is 32.3 Å². The summed E-state index contributed by atoms with van der Waals surface area (Å²) < 4.78 is 31.2. The molecule has 33 heavy (non-hydrogen) atoms. The maximum absolute atomic E-state index is 13.4. The van der Waals surface area contributed by atoms with Crippen LogP contribution in [0.3, 0.4) is 0 Å². The Morgan fingerprint density at radius 1 is 1.06 bits per heavy atom. The molecule has 0 heterocycles. The van der Waals surface area contributed by atoms with Gasteiger partial charge in [-0.3, -0.25) is 13.9 Å². The van der Waals surface area contributed by atoms with Crippen LogP contribution in [-0.4, -0.2) is 57.6 Å². The van der Waals surface area contributed by atoms with Gasteiger partial charge < -0.3 is 15.0 Å². The summed E-state index contributed by atoms with van der Waals surface area (Å²) in [5.41, 5.74) is 1.18. The summed E-state index contributed by atoms with van der Waals surface area (Å²) in [6.07, 6.45) is 2.82. The summed E-state index contributed by atoms with van der Waals surface area (Å²) in [4.78, 5) is 27.5. The van der Waals surface area contributed by atoms with Crippen molar-refractivity contribution in [3.63, 3.8) is 0 Å². The van der Waals surface area contributed by atoms with Crippen molar-refractivity contribution >= 4 is 27.5 Å². The van der Waals surface area contributed by atoms with Gasteiger partial charge in [0.05, 0.1) is 19.1 Å². The molecule has 1 atom stereocenters. The zero-order valence-corrected chi connectivity index (χ0v) is 20.5. The molecular formula is C24H33N3O5S. The number of ether oxygens (including phenoxy) is 1. The van der Waals surface area contributed by atoms with E-state index >= 15 is 0 Å². The van der Waals surface area contributed by atoms with E-state index in [1.54, 1.807) is 31.2 Å². The van der Waals surface area contributed by atoms with Crippen molar-refractivity contribution in [2.24, 2.45) is 0 Å². The van der Waals surface area contributed by atoms with Gasteiger partial charge in [-0.25, -0.2) is 8.42 Å². The quantitative estimate of drug-likeness (QED) is 0.476. The van der Waals surface area contributed by atoms with Gasteiger partial charge in [0.1, 0.15) is 18.3 Å². The van der Waals surface area contributed by atoms with Crippen molar-refractivity contribution < 1.29 is 22.7 Å². The van der Waals surface area contributed by atoms with Gasteiger partial charge in [0.25, 0.3) is 0 Å². The average molecular weight is 476 g/mol. The highest BCUT2D eigenvalue weighted by molar-refractivity contribution is 7.92. The summed E-state index contributed by atoms with van der Waals surface area (Å²) in [6, 6.07) is 14.9. The van der Waals surface area contributed by atoms with Crippen LogP contribution in [0.15, 0.2) is 54.6 Å². The molecule has 2 amide bonds. The zero-order chi connectivity index (χ0) is 24.4. The van der Waals surface area contributed by atoms with Crippen LogP contribution < -0.4 is 14.4 Å². The van der Waals surface area contributed by atoms with E-state index in [4.69, 9.17) is 4.74 Å². The number of rotatable bonds is 12. The Hall–Kier alpha value is -3.07. The van der Waals surface area contributed by atoms with Crippen molar-refractivity contribution in [1.29, 1.82) is 0 Å². The molecule has 9 heteroatoms. The molecule has 1 unspecified atom stereocenters. The molecule has 0 saturated heterocycles. The lowest BCUT2D eigenvalue weighted by atomic mass is 10.1. The third kappa shape index (κ3) is 7.78. The number of hydrogen-bond donors (Lipinski definition) is 1. The minimum atomic E-state index is -3.76. The summed E-state index contributed by atoms with van der Waals surface area (Å²) in [7, 11) is -2.24. The number of nitrogens with zero attached hydrogens (tertiary/aromatic N) is 2. The molecule has 0 aliphatic rings. The van der Waals surface area contributed by atoms with Crippen molar-refractivity contribution in [1.82, 2.24) is 10.2 Å². The molecule has 180 valence electrons. The van der Waals surface area contributed by atoms with E-state index in [9.17, 15) is 18.0 Å². The summed E-state index contributed by atoms with van der Waals surface area (Å²) in [5, 5.41) is 2.85. The van der Waals surface area contributed by atoms with E-state index in [0.717, 1.165) is 29.0 Å². The lowest BCUT2D eigenvalue weighted by molar-refractivity contribution is -0.139. The SMILES string of the molecule is CCCCNC(=O)C(C)N(Cc1ccccc1)C(=O)CN(c1ccc(OC)cc1)S(C)(=O)=O. The molecule has 0 spiro atoms. The first-order valence-corrected chi connectivity index (χ1v) is 12.7. The molecule has 2 rings (SSSR count). The predicted molar refractivity (Wildman–Crippen MR) is 130 cm³/mol. The number of sulfonamides is 1. The van der Waals surface area contributed by atoms with E-state index in [1.807, 2.05) is 37.3 Å². The van der Waals surface area contributed by atoms with Crippen molar-refractivity contribution in [3.05, 3.63) is 60.2 Å². The van der Waals surface area contributed by atoms with Crippen molar-refractivity contribution in [2.45, 2.75) is 39.3 Å². The van der Waals surface area contributed by atoms with Gasteiger partial charge in [-0.15, -0.1) is 0 Å². The number of carbonyl (C=O) groups excluding carboxylic acids is 2. The molecule has 0 aromatic heterocycles. The smallest absolute Gasteiger partial charge is 0.244 e. The Bertz CT molecular complexity index is 1010. The molecule has 8 nitrogen and oxygen atoms in total. The number of hydrogen-bond acceptors (Lipinski definition) is 5. The minimum absolute atomic E-state index is 0.183. The first-order chi connectivity index (χ1) is 15.7. The van der Waals surface area contributed by atoms with Crippen LogP contribution in [0, 0.1) is 0 Å². The van der Waals surface area contributed by atoms with Gasteiger partial charge in [0.2, 0.25) is 21.8 Å². The fourth-order valence-corrected chi connectivity index (χ4v) is 4.11. The van der Waals surface area contributed by atoms with Crippen LogP contribution in [0.25, 0.3) is 0 Å². The first-order valence-electron chi connectivity index (χ1n) is 10.9. The van der Waals surface area contributed by atoms with Gasteiger partial charge in [0.15, 0.2) is 0 Å². The summed E-state index contributed by atoms with van der Waals surface area (Å²) in [6.45, 7) is 3.96. The summed E-state index contributed by atoms with van der Waals surface area (Å²) in [5.74, 6) is -0.178. The van der Waals surface area contributed by atoms with Gasteiger partial charge in [-0.1, -0.05) is 43.7 Å². The van der Waals surface area contributed by atoms with E-state index in [-0.39, 0.29) is 12.5 Å². The third-order valence-corrected chi connectivity index (χ3v) is 6.37. The molecule has 2 aromatic carbocycles. The molecular weight excluding hydrogens is 442 g/mol. The number of anilines is 1. The van der Waals surface area contributed by atoms with Crippen LogP contribution in [-0.2, 0) is 26.2 Å². The first kappa shape index (κ1) is 26.2. The number of carbonyl (C=O) groups is 2. The van der Waals surface area contributed by atoms with E-state index in [2.05, 4.69) is 5.32 Å². The second kappa shape index (κ2) is 12.2. The van der Waals surface area contributed by atoms with Crippen molar-refractivity contribution in [2.75, 3.05) is 30.8 Å². The molecule has 0 saturated carbocycles. The molecule has 0 fully saturated rings. The number of methoxy groups -OCH3 is 1. The minimum Gasteiger partial charge on any atom is -0.497 e. The maximum Gasteiger partial charge on any atom is 0.244 e. The Morgan fingerprint density at radius 2 is 1.70 bits per heavy atom. The Morgan fingerprint density at radius 3 is 2.24 bits per heavy atom. The highest BCUT2D eigenvalue weighted by Gasteiger charge is 2.29. The van der Waals surface area contributed by atoms with E-state index < -0.39 is 28.5 Å². The largest absolute Gasteiger partial charge is 0.497 e. The number of benzene rings is 2. The van der Waals surface area contributed by atoms with Crippen LogP contribution >= 0.6 is 0 Å². The Kier molecular flexibility index (Phi) is 9.72. The summed E-state index contributed by atoms with van der Waals surface area (Å²) >= 11 is 0. The Labute approximate surface area is 196 Å². The monoisotopic (exact) mass is 475 g/mol. The number of unbranched alkanes of at least 4 members (excludes halogenated alkanes) is 1. The standard InChI is InChI=1S/C24H33N3O5S/c1-5-6-16-25-24(29)19(2)26(17-20-10-8-7-9-11-20)23(28)18-27(33(4,30)31)21-12-14-22(32-3)15-13-21/h7-15,19H,5-6,16-18H2,1-4H3,(H,25,29). The van der Waals surface area contributed by atoms with Crippen LogP contribution in [0.5, 0.6) is 5.75 Å². The van der Waals surface area contributed by atoms with Gasteiger partial charge in [-0.05, 0) is 43.2 Å². The third-order valence-electron chi connectivity index (χ3n) is 5.23. The van der Waals surface area contributed by atoms with Crippen LogP contribution in [0.4, 0.5) is 5.69 Å². The molecule has 0 aliphatic heterocycles. The maximum atomic E-state index is 13.4. The fourth-order valence-electron chi connectivity index (χ4n) is 3.26. The second-order valence-corrected chi connectivity index (χ2v) is 9.70. The van der Waals surface area contributed by atoms with Gasteiger partial charge >= 0.3 is 0 Å². The lowest BCUT2D eigenvalue weighted by Crippen LogP contribution is -2.51. The normalized spacial score (nSPS) is 12.0. The molecule has 0 aliphatic carbocycles. The van der Waals surface area contributed by atoms with Gasteiger partial charge in [-0.2, -0.15) is 0 Å². The van der Waals surface area contributed by atoms with Crippen LogP contribution in [0.2, 0.25) is 0 Å². The predicted octanol–water partition coefficient (Wildman–Crippen LogP) is 2.79. The molecule has 1 N–H and O–H groups in total. The Balaban J connectivity index is 2.30.